The molecule has 0 fully saturated rings. The van der Waals surface area contributed by atoms with Gasteiger partial charge in [-0.15, -0.1) is 0 Å². The summed E-state index contributed by atoms with van der Waals surface area (Å²) < 4.78 is 6.51. The van der Waals surface area contributed by atoms with Crippen molar-refractivity contribution in [1.29, 1.82) is 0 Å². The van der Waals surface area contributed by atoms with Gasteiger partial charge in [0.05, 0.1) is 6.16 Å². The number of benzene rings is 3. The lowest BCUT2D eigenvalue weighted by molar-refractivity contribution is 0.229. The SMILES string of the molecule is C[C@@H](CCCC[P+](c1ccccc1)(c1ccccc1)c1ccccc1)CO[Si](C)(C)C(C)(C)C. The molecular formula is C31H44OPSi+. The van der Waals surface area contributed by atoms with Crippen LogP contribution in [-0.4, -0.2) is 21.1 Å². The molecule has 0 spiro atoms. The first kappa shape index (κ1) is 26.9. The molecule has 34 heavy (non-hydrogen) atoms. The van der Waals surface area contributed by atoms with E-state index in [0.29, 0.717) is 5.92 Å². The Hall–Kier alpha value is -1.73. The van der Waals surface area contributed by atoms with E-state index in [-0.39, 0.29) is 5.04 Å². The second-order valence-corrected chi connectivity index (χ2v) is 19.6. The number of unbranched alkanes of at least 4 members (excludes halogenated alkanes) is 1. The van der Waals surface area contributed by atoms with Crippen molar-refractivity contribution in [2.75, 3.05) is 12.8 Å². The van der Waals surface area contributed by atoms with Crippen LogP contribution >= 0.6 is 7.26 Å². The molecule has 0 aromatic heterocycles. The molecule has 0 aliphatic heterocycles. The van der Waals surface area contributed by atoms with E-state index in [2.05, 4.69) is 132 Å². The molecule has 0 amide bonds. The van der Waals surface area contributed by atoms with Crippen LogP contribution in [0.4, 0.5) is 0 Å². The van der Waals surface area contributed by atoms with E-state index in [9.17, 15) is 0 Å². The molecule has 0 aliphatic rings. The first-order valence-electron chi connectivity index (χ1n) is 12.9. The number of hydrogen-bond acceptors (Lipinski definition) is 1. The van der Waals surface area contributed by atoms with Crippen LogP contribution in [0.3, 0.4) is 0 Å². The zero-order chi connectivity index (χ0) is 24.7. The van der Waals surface area contributed by atoms with Crippen LogP contribution in [0.1, 0.15) is 47.0 Å². The maximum atomic E-state index is 6.51. The van der Waals surface area contributed by atoms with Gasteiger partial charge in [0.25, 0.3) is 0 Å². The average Bonchev–Trinajstić information content (AvgIpc) is 2.84. The lowest BCUT2D eigenvalue weighted by atomic mass is 10.1. The predicted molar refractivity (Wildman–Crippen MR) is 156 cm³/mol. The minimum Gasteiger partial charge on any atom is -0.417 e. The van der Waals surface area contributed by atoms with Crippen LogP contribution in [0.5, 0.6) is 0 Å². The van der Waals surface area contributed by atoms with Gasteiger partial charge in [0.2, 0.25) is 0 Å². The minimum absolute atomic E-state index is 0.276. The van der Waals surface area contributed by atoms with Crippen LogP contribution in [0, 0.1) is 5.92 Å². The molecule has 3 aromatic carbocycles. The summed E-state index contributed by atoms with van der Waals surface area (Å²) in [4.78, 5) is 0. The van der Waals surface area contributed by atoms with Crippen LogP contribution in [0.2, 0.25) is 18.1 Å². The van der Waals surface area contributed by atoms with E-state index in [1.165, 1.54) is 41.3 Å². The number of hydrogen-bond donors (Lipinski definition) is 0. The molecule has 0 aliphatic carbocycles. The van der Waals surface area contributed by atoms with Gasteiger partial charge in [-0.1, -0.05) is 82.3 Å². The van der Waals surface area contributed by atoms with Crippen molar-refractivity contribution in [2.45, 2.75) is 65.1 Å². The minimum atomic E-state index is -1.70. The highest BCUT2D eigenvalue weighted by molar-refractivity contribution is 7.95. The molecule has 0 unspecified atom stereocenters. The number of rotatable bonds is 11. The fourth-order valence-electron chi connectivity index (χ4n) is 4.37. The van der Waals surface area contributed by atoms with Gasteiger partial charge in [0.1, 0.15) is 23.2 Å². The van der Waals surface area contributed by atoms with Gasteiger partial charge in [-0.25, -0.2) is 0 Å². The summed E-state index contributed by atoms with van der Waals surface area (Å²) in [6.45, 7) is 14.9. The summed E-state index contributed by atoms with van der Waals surface area (Å²) in [6.07, 6.45) is 4.92. The van der Waals surface area contributed by atoms with Crippen LogP contribution in [0.15, 0.2) is 91.0 Å². The lowest BCUT2D eigenvalue weighted by Crippen LogP contribution is -2.41. The van der Waals surface area contributed by atoms with Crippen LogP contribution < -0.4 is 15.9 Å². The summed E-state index contributed by atoms with van der Waals surface area (Å²) in [5.41, 5.74) is 0. The van der Waals surface area contributed by atoms with Gasteiger partial charge in [-0.2, -0.15) is 0 Å². The Kier molecular flexibility index (Phi) is 9.32. The Bertz CT molecular complexity index is 884. The normalized spacial score (nSPS) is 13.6. The van der Waals surface area contributed by atoms with Crippen molar-refractivity contribution in [3.8, 4) is 0 Å². The van der Waals surface area contributed by atoms with E-state index < -0.39 is 15.6 Å². The predicted octanol–water partition coefficient (Wildman–Crippen LogP) is 7.81. The average molecular weight is 492 g/mol. The third-order valence-electron chi connectivity index (χ3n) is 7.57. The van der Waals surface area contributed by atoms with Gasteiger partial charge in [0.15, 0.2) is 8.32 Å². The second kappa shape index (κ2) is 11.8. The van der Waals surface area contributed by atoms with Crippen molar-refractivity contribution >= 4 is 31.5 Å². The molecule has 0 saturated heterocycles. The Morgan fingerprint density at radius 3 is 1.50 bits per heavy atom. The van der Waals surface area contributed by atoms with Gasteiger partial charge in [0, 0.05) is 6.61 Å². The maximum absolute atomic E-state index is 6.51. The second-order valence-electron chi connectivity index (χ2n) is 11.2. The summed E-state index contributed by atoms with van der Waals surface area (Å²) in [6, 6.07) is 33.7. The van der Waals surface area contributed by atoms with E-state index >= 15 is 0 Å². The zero-order valence-electron chi connectivity index (χ0n) is 22.1. The summed E-state index contributed by atoms with van der Waals surface area (Å²) in [5, 5.41) is 4.74. The highest BCUT2D eigenvalue weighted by atomic mass is 31.2. The molecule has 0 bridgehead atoms. The van der Waals surface area contributed by atoms with E-state index in [1.54, 1.807) is 0 Å². The quantitative estimate of drug-likeness (QED) is 0.151. The summed E-state index contributed by atoms with van der Waals surface area (Å²) >= 11 is 0. The largest absolute Gasteiger partial charge is 0.417 e. The Labute approximate surface area is 210 Å². The lowest BCUT2D eigenvalue weighted by Gasteiger charge is -2.37. The molecule has 0 saturated carbocycles. The smallest absolute Gasteiger partial charge is 0.191 e. The molecule has 0 N–H and O–H groups in total. The molecule has 1 atom stereocenters. The Morgan fingerprint density at radius 1 is 0.706 bits per heavy atom. The third kappa shape index (κ3) is 6.48. The molecular weight excluding hydrogens is 447 g/mol. The van der Waals surface area contributed by atoms with Crippen molar-refractivity contribution in [1.82, 2.24) is 0 Å². The van der Waals surface area contributed by atoms with Gasteiger partial charge >= 0.3 is 0 Å². The molecule has 182 valence electrons. The Morgan fingerprint density at radius 2 is 1.12 bits per heavy atom. The summed E-state index contributed by atoms with van der Waals surface area (Å²) in [5.74, 6) is 0.604. The summed E-state index contributed by atoms with van der Waals surface area (Å²) in [7, 11) is -3.37. The molecule has 3 rings (SSSR count). The fraction of sp³-hybridized carbons (Fsp3) is 0.419. The highest BCUT2D eigenvalue weighted by Crippen LogP contribution is 2.56. The molecule has 1 nitrogen and oxygen atoms in total. The Balaban J connectivity index is 1.76. The van der Waals surface area contributed by atoms with E-state index in [0.717, 1.165) is 6.61 Å². The maximum Gasteiger partial charge on any atom is 0.191 e. The first-order chi connectivity index (χ1) is 16.2. The monoisotopic (exact) mass is 491 g/mol. The van der Waals surface area contributed by atoms with E-state index in [1.807, 2.05) is 0 Å². The van der Waals surface area contributed by atoms with E-state index in [4.69, 9.17) is 4.43 Å². The topological polar surface area (TPSA) is 9.23 Å². The van der Waals surface area contributed by atoms with Crippen molar-refractivity contribution in [3.63, 3.8) is 0 Å². The first-order valence-corrected chi connectivity index (χ1v) is 17.7. The standard InChI is InChI=1S/C31H44OPSi/c1-27(26-32-34(5,6)31(2,3)4)18-16-17-25-33(28-19-10-7-11-20-28,29-21-12-8-13-22-29)30-23-14-9-15-24-30/h7-15,19-24,27H,16-18,25-26H2,1-6H3/q+1/t27-/m0/s1. The van der Waals surface area contributed by atoms with Crippen LogP contribution in [-0.2, 0) is 4.43 Å². The molecule has 0 heterocycles. The molecule has 0 radical (unpaired) electrons. The fourth-order valence-corrected chi connectivity index (χ4v) is 9.92. The van der Waals surface area contributed by atoms with Gasteiger partial charge in [-0.3, -0.25) is 0 Å². The highest BCUT2D eigenvalue weighted by Gasteiger charge is 2.44. The van der Waals surface area contributed by atoms with Gasteiger partial charge < -0.3 is 4.43 Å². The van der Waals surface area contributed by atoms with Crippen LogP contribution in [0.25, 0.3) is 0 Å². The van der Waals surface area contributed by atoms with Crippen molar-refractivity contribution < 1.29 is 4.43 Å². The van der Waals surface area contributed by atoms with Crippen molar-refractivity contribution in [3.05, 3.63) is 91.0 Å². The molecule has 3 heteroatoms. The third-order valence-corrected chi connectivity index (χ3v) is 16.6. The van der Waals surface area contributed by atoms with Gasteiger partial charge in [-0.05, 0) is 79.7 Å². The zero-order valence-corrected chi connectivity index (χ0v) is 24.0. The molecule has 3 aromatic rings. The van der Waals surface area contributed by atoms with Crippen molar-refractivity contribution in [2.24, 2.45) is 5.92 Å².